The van der Waals surface area contributed by atoms with Crippen LogP contribution in [-0.2, 0) is 19.7 Å². The van der Waals surface area contributed by atoms with Gasteiger partial charge in [-0.15, -0.1) is 0 Å². The minimum atomic E-state index is -3.82. The number of methoxy groups -OCH3 is 2. The molecule has 158 valence electrons. The first kappa shape index (κ1) is 21.9. The number of hydrogen-bond donors (Lipinski definition) is 0. The molecule has 3 aromatic carbocycles. The van der Waals surface area contributed by atoms with Crippen molar-refractivity contribution in [2.24, 2.45) is 0 Å². The normalized spacial score (nSPS) is 11.9. The molecule has 0 amide bonds. The zero-order valence-corrected chi connectivity index (χ0v) is 18.7. The summed E-state index contributed by atoms with van der Waals surface area (Å²) in [4.78, 5) is 0.353. The summed E-state index contributed by atoms with van der Waals surface area (Å²) in [5.41, 5.74) is 0.779. The lowest BCUT2D eigenvalue weighted by atomic mass is 10.1. The number of rotatable bonds is 6. The van der Waals surface area contributed by atoms with Crippen molar-refractivity contribution in [1.82, 2.24) is 0 Å². The van der Waals surface area contributed by atoms with Crippen LogP contribution in [0.1, 0.15) is 11.1 Å². The minimum absolute atomic E-state index is 0.0684. The van der Waals surface area contributed by atoms with Gasteiger partial charge in [-0.1, -0.05) is 0 Å². The molecule has 0 fully saturated rings. The van der Waals surface area contributed by atoms with Crippen LogP contribution in [0.5, 0.6) is 11.5 Å². The topological polar surface area (TPSA) is 86.7 Å². The molecule has 0 aliphatic heterocycles. The zero-order valence-electron chi connectivity index (χ0n) is 17.0. The van der Waals surface area contributed by atoms with Crippen LogP contribution in [0.4, 0.5) is 0 Å². The molecule has 30 heavy (non-hydrogen) atoms. The summed E-state index contributed by atoms with van der Waals surface area (Å²) in [6.45, 7) is 3.22. The molecule has 0 saturated carbocycles. The molecule has 0 bridgehead atoms. The van der Waals surface area contributed by atoms with Gasteiger partial charge in [0.1, 0.15) is 11.5 Å². The smallest absolute Gasteiger partial charge is 0.206 e. The Hall–Kier alpha value is -2.84. The summed E-state index contributed by atoms with van der Waals surface area (Å²) in [7, 11) is -4.64. The van der Waals surface area contributed by atoms with Gasteiger partial charge < -0.3 is 9.47 Å². The molecule has 0 aliphatic carbocycles. The van der Waals surface area contributed by atoms with Crippen LogP contribution in [-0.4, -0.2) is 31.1 Å². The van der Waals surface area contributed by atoms with Gasteiger partial charge in [-0.2, -0.15) is 0 Å². The molecule has 3 rings (SSSR count). The van der Waals surface area contributed by atoms with E-state index in [0.29, 0.717) is 22.6 Å². The van der Waals surface area contributed by atoms with Crippen molar-refractivity contribution in [2.45, 2.75) is 33.4 Å². The maximum absolute atomic E-state index is 13.1. The van der Waals surface area contributed by atoms with Crippen molar-refractivity contribution in [3.05, 3.63) is 71.8 Å². The van der Waals surface area contributed by atoms with Gasteiger partial charge in [0.05, 0.1) is 33.8 Å². The summed E-state index contributed by atoms with van der Waals surface area (Å²) >= 11 is 0. The Bertz CT molecular complexity index is 1170. The Morgan fingerprint density at radius 3 is 1.10 bits per heavy atom. The zero-order chi connectivity index (χ0) is 22.1. The van der Waals surface area contributed by atoms with E-state index in [-0.39, 0.29) is 19.6 Å². The summed E-state index contributed by atoms with van der Waals surface area (Å²) in [6.07, 6.45) is 0. The summed E-state index contributed by atoms with van der Waals surface area (Å²) < 4.78 is 62.6. The lowest BCUT2D eigenvalue weighted by Crippen LogP contribution is -2.10. The third kappa shape index (κ3) is 3.80. The largest absolute Gasteiger partial charge is 0.497 e. The lowest BCUT2D eigenvalue weighted by molar-refractivity contribution is 0.414. The molecule has 0 atom stereocenters. The fraction of sp³-hybridized carbons (Fsp3) is 0.182. The first-order valence-electron chi connectivity index (χ1n) is 9.01. The molecule has 0 spiro atoms. The monoisotopic (exact) mass is 446 g/mol. The van der Waals surface area contributed by atoms with Gasteiger partial charge in [0.2, 0.25) is 19.7 Å². The predicted octanol–water partition coefficient (Wildman–Crippen LogP) is 3.99. The van der Waals surface area contributed by atoms with E-state index < -0.39 is 19.7 Å². The van der Waals surface area contributed by atoms with Crippen LogP contribution >= 0.6 is 0 Å². The molecule has 0 unspecified atom stereocenters. The van der Waals surface area contributed by atoms with Gasteiger partial charge in [0.15, 0.2) is 0 Å². The molecule has 0 radical (unpaired) electrons. The van der Waals surface area contributed by atoms with Crippen LogP contribution in [0, 0.1) is 13.8 Å². The quantitative estimate of drug-likeness (QED) is 0.569. The highest BCUT2D eigenvalue weighted by Gasteiger charge is 2.26. The SMILES string of the molecule is COc1ccc(S(=O)(=O)c2ccc(S(=O)(=O)c3ccc(OC)cc3)c(C)c2C)cc1. The summed E-state index contributed by atoms with van der Waals surface area (Å²) in [5, 5.41) is 0. The van der Waals surface area contributed by atoms with E-state index in [1.165, 1.54) is 50.6 Å². The molecule has 0 aromatic heterocycles. The van der Waals surface area contributed by atoms with Gasteiger partial charge in [-0.3, -0.25) is 0 Å². The Balaban J connectivity index is 2.08. The van der Waals surface area contributed by atoms with Crippen molar-refractivity contribution in [1.29, 1.82) is 0 Å². The van der Waals surface area contributed by atoms with Gasteiger partial charge in [-0.25, -0.2) is 16.8 Å². The average molecular weight is 447 g/mol. The van der Waals surface area contributed by atoms with Crippen LogP contribution < -0.4 is 9.47 Å². The standard InChI is InChI=1S/C22H22O6S2/c1-15-16(2)22(30(25,26)20-11-7-18(28-4)8-12-20)14-13-21(15)29(23,24)19-9-5-17(27-3)6-10-19/h5-14H,1-4H3. The van der Waals surface area contributed by atoms with Gasteiger partial charge in [-0.05, 0) is 85.6 Å². The fourth-order valence-electron chi connectivity index (χ4n) is 3.12. The molecule has 6 nitrogen and oxygen atoms in total. The van der Waals surface area contributed by atoms with Gasteiger partial charge in [0, 0.05) is 0 Å². The molecule has 0 saturated heterocycles. The average Bonchev–Trinajstić information content (AvgIpc) is 2.75. The van der Waals surface area contributed by atoms with E-state index in [0.717, 1.165) is 0 Å². The van der Waals surface area contributed by atoms with E-state index in [2.05, 4.69) is 0 Å². The Morgan fingerprint density at radius 1 is 0.533 bits per heavy atom. The number of hydrogen-bond acceptors (Lipinski definition) is 6. The van der Waals surface area contributed by atoms with Crippen LogP contribution in [0.3, 0.4) is 0 Å². The van der Waals surface area contributed by atoms with Crippen molar-refractivity contribution in [2.75, 3.05) is 14.2 Å². The lowest BCUT2D eigenvalue weighted by Gasteiger charge is -2.15. The Labute approximate surface area is 176 Å². The van der Waals surface area contributed by atoms with Crippen molar-refractivity contribution >= 4 is 19.7 Å². The van der Waals surface area contributed by atoms with Crippen LogP contribution in [0.25, 0.3) is 0 Å². The second-order valence-electron chi connectivity index (χ2n) is 6.67. The summed E-state index contributed by atoms with van der Waals surface area (Å²) in [6, 6.07) is 14.8. The third-order valence-corrected chi connectivity index (χ3v) is 8.83. The maximum atomic E-state index is 13.1. The number of benzene rings is 3. The highest BCUT2D eigenvalue weighted by atomic mass is 32.2. The van der Waals surface area contributed by atoms with E-state index in [4.69, 9.17) is 9.47 Å². The molecule has 0 N–H and O–H groups in total. The molecule has 0 heterocycles. The van der Waals surface area contributed by atoms with E-state index >= 15 is 0 Å². The van der Waals surface area contributed by atoms with Gasteiger partial charge >= 0.3 is 0 Å². The van der Waals surface area contributed by atoms with Crippen LogP contribution in [0.15, 0.2) is 80.2 Å². The van der Waals surface area contributed by atoms with Crippen LogP contribution in [0.2, 0.25) is 0 Å². The summed E-state index contributed by atoms with van der Waals surface area (Å²) in [5.74, 6) is 1.09. The highest BCUT2D eigenvalue weighted by Crippen LogP contribution is 2.32. The van der Waals surface area contributed by atoms with Gasteiger partial charge in [0.25, 0.3) is 0 Å². The second-order valence-corrected chi connectivity index (χ2v) is 10.5. The molecular weight excluding hydrogens is 424 g/mol. The third-order valence-electron chi connectivity index (χ3n) is 5.01. The fourth-order valence-corrected chi connectivity index (χ4v) is 6.22. The number of ether oxygens (including phenoxy) is 2. The maximum Gasteiger partial charge on any atom is 0.206 e. The van der Waals surface area contributed by atoms with Crippen molar-refractivity contribution in [3.63, 3.8) is 0 Å². The Morgan fingerprint density at radius 2 is 0.833 bits per heavy atom. The predicted molar refractivity (Wildman–Crippen MR) is 113 cm³/mol. The van der Waals surface area contributed by atoms with E-state index in [1.54, 1.807) is 38.1 Å². The van der Waals surface area contributed by atoms with Crippen molar-refractivity contribution in [3.8, 4) is 11.5 Å². The minimum Gasteiger partial charge on any atom is -0.497 e. The molecule has 3 aromatic rings. The number of sulfone groups is 2. The van der Waals surface area contributed by atoms with E-state index in [1.807, 2.05) is 0 Å². The van der Waals surface area contributed by atoms with E-state index in [9.17, 15) is 16.8 Å². The Kier molecular flexibility index (Phi) is 5.92. The molecule has 8 heteroatoms. The molecular formula is C22H22O6S2. The first-order chi connectivity index (χ1) is 14.1. The van der Waals surface area contributed by atoms with Crippen molar-refractivity contribution < 1.29 is 26.3 Å². The highest BCUT2D eigenvalue weighted by molar-refractivity contribution is 7.92. The second kappa shape index (κ2) is 8.12. The first-order valence-corrected chi connectivity index (χ1v) is 12.0. The molecule has 0 aliphatic rings.